The number of carboxylic acid groups (broad SMARTS) is 3. The molecule has 0 aliphatic carbocycles. The lowest BCUT2D eigenvalue weighted by atomic mass is 10.0. The van der Waals surface area contributed by atoms with Crippen LogP contribution in [0.1, 0.15) is 33.1 Å². The number of aliphatic carboxylic acids is 3. The number of nitrogens with zero attached hydrogens (tertiary/aromatic N) is 3. The molecular formula is C19H33N3O7. The maximum Gasteiger partial charge on any atom is 0.320 e. The van der Waals surface area contributed by atoms with E-state index in [4.69, 9.17) is 10.2 Å². The first kappa shape index (κ1) is 25.0. The second kappa shape index (κ2) is 12.5. The van der Waals surface area contributed by atoms with Gasteiger partial charge in [0.05, 0.1) is 13.1 Å². The van der Waals surface area contributed by atoms with E-state index in [9.17, 15) is 24.3 Å². The molecule has 0 amide bonds. The Morgan fingerprint density at radius 2 is 1.24 bits per heavy atom. The second-order valence-corrected chi connectivity index (χ2v) is 7.74. The van der Waals surface area contributed by atoms with E-state index in [1.54, 1.807) is 14.7 Å². The topological polar surface area (TPSA) is 139 Å². The van der Waals surface area contributed by atoms with Crippen molar-refractivity contribution >= 4 is 23.7 Å². The van der Waals surface area contributed by atoms with Gasteiger partial charge in [-0.1, -0.05) is 13.8 Å². The third-order valence-corrected chi connectivity index (χ3v) is 5.13. The number of Topliss-reactive ketones (excluding diaryl/α,β-unsaturated/α-hetero) is 1. The van der Waals surface area contributed by atoms with Crippen molar-refractivity contribution in [3.63, 3.8) is 0 Å². The molecule has 29 heavy (non-hydrogen) atoms. The van der Waals surface area contributed by atoms with Crippen LogP contribution in [0, 0.1) is 5.92 Å². The predicted octanol–water partition coefficient (Wildman–Crippen LogP) is -0.0762. The van der Waals surface area contributed by atoms with Gasteiger partial charge in [0.15, 0.2) is 0 Å². The highest BCUT2D eigenvalue weighted by molar-refractivity contribution is 5.80. The summed E-state index contributed by atoms with van der Waals surface area (Å²) in [5.74, 6) is -2.95. The zero-order valence-corrected chi connectivity index (χ0v) is 17.2. The van der Waals surface area contributed by atoms with Crippen LogP contribution >= 0.6 is 0 Å². The molecule has 3 N–H and O–H groups in total. The number of carboxylic acids is 3. The molecule has 166 valence electrons. The Morgan fingerprint density at radius 3 is 1.62 bits per heavy atom. The summed E-state index contributed by atoms with van der Waals surface area (Å²) >= 11 is 0. The summed E-state index contributed by atoms with van der Waals surface area (Å²) in [6, 6.07) is -0.800. The minimum Gasteiger partial charge on any atom is -0.480 e. The Bertz CT molecular complexity index is 554. The lowest BCUT2D eigenvalue weighted by molar-refractivity contribution is -0.144. The summed E-state index contributed by atoms with van der Waals surface area (Å²) in [6.07, 6.45) is 1.10. The average molecular weight is 415 g/mol. The summed E-state index contributed by atoms with van der Waals surface area (Å²) in [4.78, 5) is 51.0. The Labute approximate surface area is 171 Å². The van der Waals surface area contributed by atoms with Gasteiger partial charge in [-0.25, -0.2) is 0 Å². The van der Waals surface area contributed by atoms with Crippen molar-refractivity contribution in [2.45, 2.75) is 39.2 Å². The first-order valence-electron chi connectivity index (χ1n) is 9.98. The van der Waals surface area contributed by atoms with Crippen LogP contribution in [0.25, 0.3) is 0 Å². The van der Waals surface area contributed by atoms with E-state index in [2.05, 4.69) is 0 Å². The number of carbonyl (C=O) groups is 4. The van der Waals surface area contributed by atoms with E-state index in [1.165, 1.54) is 0 Å². The van der Waals surface area contributed by atoms with Gasteiger partial charge in [0.2, 0.25) is 0 Å². The summed E-state index contributed by atoms with van der Waals surface area (Å²) in [5.41, 5.74) is 0. The van der Waals surface area contributed by atoms with Crippen LogP contribution in [-0.2, 0) is 19.2 Å². The van der Waals surface area contributed by atoms with E-state index < -0.39 is 23.9 Å². The van der Waals surface area contributed by atoms with Crippen LogP contribution in [0.2, 0.25) is 0 Å². The van der Waals surface area contributed by atoms with Crippen LogP contribution in [0.5, 0.6) is 0 Å². The molecule has 0 aromatic rings. The summed E-state index contributed by atoms with van der Waals surface area (Å²) in [6.45, 7) is 5.53. The molecule has 0 unspecified atom stereocenters. The highest BCUT2D eigenvalue weighted by Crippen LogP contribution is 2.13. The zero-order chi connectivity index (χ0) is 22.0. The minimum absolute atomic E-state index is 0.0855. The van der Waals surface area contributed by atoms with Crippen molar-refractivity contribution < 1.29 is 34.5 Å². The highest BCUT2D eigenvalue weighted by Gasteiger charge is 2.28. The third-order valence-electron chi connectivity index (χ3n) is 5.13. The van der Waals surface area contributed by atoms with E-state index in [0.29, 0.717) is 58.5 Å². The molecule has 0 radical (unpaired) electrons. The molecule has 0 spiro atoms. The smallest absolute Gasteiger partial charge is 0.320 e. The van der Waals surface area contributed by atoms with Gasteiger partial charge >= 0.3 is 17.9 Å². The molecule has 0 aromatic carbocycles. The Kier molecular flexibility index (Phi) is 10.8. The van der Waals surface area contributed by atoms with Crippen molar-refractivity contribution in [3.8, 4) is 0 Å². The number of hydrogen-bond acceptors (Lipinski definition) is 7. The molecule has 1 heterocycles. The van der Waals surface area contributed by atoms with Crippen LogP contribution in [-0.4, -0.2) is 112 Å². The molecule has 1 fully saturated rings. The fourth-order valence-corrected chi connectivity index (χ4v) is 3.39. The Hall–Kier alpha value is -2.04. The minimum atomic E-state index is -0.990. The summed E-state index contributed by atoms with van der Waals surface area (Å²) in [7, 11) is 0. The number of carbonyl (C=O) groups excluding carboxylic acids is 1. The van der Waals surface area contributed by atoms with Crippen molar-refractivity contribution in [1.82, 2.24) is 14.7 Å². The molecule has 10 nitrogen and oxygen atoms in total. The maximum atomic E-state index is 11.9. The van der Waals surface area contributed by atoms with E-state index in [-0.39, 0.29) is 24.8 Å². The molecular weight excluding hydrogens is 382 g/mol. The van der Waals surface area contributed by atoms with Gasteiger partial charge in [0.25, 0.3) is 0 Å². The second-order valence-electron chi connectivity index (χ2n) is 7.74. The standard InChI is InChI=1S/C19H33N3O7/c1-14(2)16(23)5-3-4-15(19(28)29)22-10-8-20(12-17(24)25)6-7-21(9-11-22)13-18(26)27/h14-15H,3-13H2,1-2H3,(H,24,25)(H,26,27)(H,28,29)/t15-/m1/s1. The van der Waals surface area contributed by atoms with Crippen LogP contribution in [0.15, 0.2) is 0 Å². The average Bonchev–Trinajstić information content (AvgIpc) is 2.69. The van der Waals surface area contributed by atoms with Crippen molar-refractivity contribution in [2.75, 3.05) is 52.4 Å². The highest BCUT2D eigenvalue weighted by atomic mass is 16.4. The van der Waals surface area contributed by atoms with Crippen molar-refractivity contribution in [3.05, 3.63) is 0 Å². The number of rotatable bonds is 11. The summed E-state index contributed by atoms with van der Waals surface area (Å²) in [5, 5.41) is 27.9. The van der Waals surface area contributed by atoms with Gasteiger partial charge in [-0.2, -0.15) is 0 Å². The molecule has 1 aliphatic heterocycles. The molecule has 10 heteroatoms. The van der Waals surface area contributed by atoms with Crippen LogP contribution in [0.3, 0.4) is 0 Å². The van der Waals surface area contributed by atoms with Gasteiger partial charge in [0, 0.05) is 51.6 Å². The molecule has 0 aromatic heterocycles. The van der Waals surface area contributed by atoms with Crippen LogP contribution < -0.4 is 0 Å². The molecule has 0 bridgehead atoms. The SMILES string of the molecule is CC(C)C(=O)CCC[C@H](C(=O)O)N1CCN(CC(=O)O)CCN(CC(=O)O)CC1. The first-order chi connectivity index (χ1) is 13.6. The van der Waals surface area contributed by atoms with Gasteiger partial charge < -0.3 is 15.3 Å². The van der Waals surface area contributed by atoms with Gasteiger partial charge in [0.1, 0.15) is 11.8 Å². The molecule has 1 rings (SSSR count). The fourth-order valence-electron chi connectivity index (χ4n) is 3.39. The first-order valence-corrected chi connectivity index (χ1v) is 9.98. The monoisotopic (exact) mass is 415 g/mol. The number of ketones is 1. The van der Waals surface area contributed by atoms with E-state index >= 15 is 0 Å². The maximum absolute atomic E-state index is 11.9. The van der Waals surface area contributed by atoms with Crippen LogP contribution in [0.4, 0.5) is 0 Å². The quantitative estimate of drug-likeness (QED) is 0.420. The lowest BCUT2D eigenvalue weighted by Crippen LogP contribution is -2.47. The third kappa shape index (κ3) is 9.82. The molecule has 1 saturated heterocycles. The Morgan fingerprint density at radius 1 is 0.793 bits per heavy atom. The van der Waals surface area contributed by atoms with Gasteiger partial charge in [-0.3, -0.25) is 33.9 Å². The lowest BCUT2D eigenvalue weighted by Gasteiger charge is -2.30. The molecule has 1 atom stereocenters. The van der Waals surface area contributed by atoms with Gasteiger partial charge in [-0.05, 0) is 12.8 Å². The van der Waals surface area contributed by atoms with E-state index in [1.807, 2.05) is 13.8 Å². The van der Waals surface area contributed by atoms with Crippen molar-refractivity contribution in [1.29, 1.82) is 0 Å². The predicted molar refractivity (Wildman–Crippen MR) is 105 cm³/mol. The molecule has 0 saturated carbocycles. The van der Waals surface area contributed by atoms with Crippen molar-refractivity contribution in [2.24, 2.45) is 5.92 Å². The largest absolute Gasteiger partial charge is 0.480 e. The number of hydrogen-bond donors (Lipinski definition) is 3. The fraction of sp³-hybridized carbons (Fsp3) is 0.789. The molecule has 1 aliphatic rings. The van der Waals surface area contributed by atoms with Gasteiger partial charge in [-0.15, -0.1) is 0 Å². The van der Waals surface area contributed by atoms with E-state index in [0.717, 1.165) is 0 Å². The normalized spacial score (nSPS) is 18.6. The summed E-state index contributed by atoms with van der Waals surface area (Å²) < 4.78 is 0. The zero-order valence-electron chi connectivity index (χ0n) is 17.2. The Balaban J connectivity index is 2.85.